The fourth-order valence-corrected chi connectivity index (χ4v) is 2.13. The van der Waals surface area contributed by atoms with Crippen LogP contribution in [0.2, 0.25) is 0 Å². The molecule has 0 bridgehead atoms. The molecule has 0 fully saturated rings. The van der Waals surface area contributed by atoms with Gasteiger partial charge in [0.2, 0.25) is 5.91 Å². The van der Waals surface area contributed by atoms with Crippen LogP contribution in [-0.2, 0) is 4.79 Å². The summed E-state index contributed by atoms with van der Waals surface area (Å²) in [6.45, 7) is 4.48. The van der Waals surface area contributed by atoms with Gasteiger partial charge in [0.15, 0.2) is 0 Å². The molecular weight excluding hydrogens is 250 g/mol. The van der Waals surface area contributed by atoms with E-state index in [0.29, 0.717) is 13.0 Å². The summed E-state index contributed by atoms with van der Waals surface area (Å²) in [7, 11) is 0. The molecule has 2 aromatic rings. The Labute approximate surface area is 119 Å². The number of carbonyl (C=O) groups is 1. The Bertz CT molecular complexity index is 573. The highest BCUT2D eigenvalue weighted by Gasteiger charge is 2.04. The first kappa shape index (κ1) is 14.4. The van der Waals surface area contributed by atoms with E-state index < -0.39 is 0 Å². The molecule has 0 aliphatic rings. The SMILES string of the molecule is CC(C)NC(=O)CCCOc1cccc2ccccc12. The summed E-state index contributed by atoms with van der Waals surface area (Å²) in [6.07, 6.45) is 1.23. The van der Waals surface area contributed by atoms with Crippen LogP contribution in [0.25, 0.3) is 10.8 Å². The Hall–Kier alpha value is -2.03. The van der Waals surface area contributed by atoms with Crippen molar-refractivity contribution in [1.29, 1.82) is 0 Å². The van der Waals surface area contributed by atoms with Crippen LogP contribution in [0.3, 0.4) is 0 Å². The van der Waals surface area contributed by atoms with Crippen molar-refractivity contribution in [2.24, 2.45) is 0 Å². The molecule has 20 heavy (non-hydrogen) atoms. The van der Waals surface area contributed by atoms with Crippen LogP contribution < -0.4 is 10.1 Å². The van der Waals surface area contributed by atoms with E-state index in [2.05, 4.69) is 23.5 Å². The molecule has 1 amide bonds. The van der Waals surface area contributed by atoms with Crippen molar-refractivity contribution < 1.29 is 9.53 Å². The zero-order chi connectivity index (χ0) is 14.4. The zero-order valence-electron chi connectivity index (χ0n) is 12.1. The molecule has 0 heterocycles. The summed E-state index contributed by atoms with van der Waals surface area (Å²) < 4.78 is 5.79. The van der Waals surface area contributed by atoms with E-state index >= 15 is 0 Å². The van der Waals surface area contributed by atoms with Crippen molar-refractivity contribution in [2.75, 3.05) is 6.61 Å². The first-order valence-electron chi connectivity index (χ1n) is 7.07. The van der Waals surface area contributed by atoms with Gasteiger partial charge in [0.05, 0.1) is 6.61 Å². The van der Waals surface area contributed by atoms with Gasteiger partial charge in [-0.1, -0.05) is 36.4 Å². The van der Waals surface area contributed by atoms with Crippen molar-refractivity contribution in [1.82, 2.24) is 5.32 Å². The Morgan fingerprint density at radius 3 is 2.70 bits per heavy atom. The largest absolute Gasteiger partial charge is 0.493 e. The Balaban J connectivity index is 1.86. The van der Waals surface area contributed by atoms with E-state index in [1.54, 1.807) is 0 Å². The lowest BCUT2D eigenvalue weighted by molar-refractivity contribution is -0.121. The van der Waals surface area contributed by atoms with E-state index in [0.717, 1.165) is 17.6 Å². The molecule has 0 radical (unpaired) electrons. The average Bonchev–Trinajstić information content (AvgIpc) is 2.43. The molecule has 3 heteroatoms. The van der Waals surface area contributed by atoms with Gasteiger partial charge in [0.25, 0.3) is 0 Å². The third-order valence-electron chi connectivity index (χ3n) is 3.01. The molecule has 0 spiro atoms. The number of hydrogen-bond acceptors (Lipinski definition) is 2. The molecule has 0 saturated heterocycles. The second-order valence-electron chi connectivity index (χ2n) is 5.15. The standard InChI is InChI=1S/C17H21NO2/c1-13(2)18-17(19)11-6-12-20-16-10-5-8-14-7-3-4-9-15(14)16/h3-5,7-10,13H,6,11-12H2,1-2H3,(H,18,19). The van der Waals surface area contributed by atoms with Gasteiger partial charge in [-0.2, -0.15) is 0 Å². The van der Waals surface area contributed by atoms with Crippen molar-refractivity contribution >= 4 is 16.7 Å². The minimum absolute atomic E-state index is 0.0847. The number of amides is 1. The molecule has 0 aromatic heterocycles. The molecule has 1 N–H and O–H groups in total. The third kappa shape index (κ3) is 3.98. The van der Waals surface area contributed by atoms with E-state index in [4.69, 9.17) is 4.74 Å². The summed E-state index contributed by atoms with van der Waals surface area (Å²) in [5, 5.41) is 5.16. The molecule has 0 saturated carbocycles. The topological polar surface area (TPSA) is 38.3 Å². The fourth-order valence-electron chi connectivity index (χ4n) is 2.13. The van der Waals surface area contributed by atoms with E-state index in [1.807, 2.05) is 38.1 Å². The molecular formula is C17H21NO2. The maximum Gasteiger partial charge on any atom is 0.220 e. The number of nitrogens with one attached hydrogen (secondary N) is 1. The molecule has 0 unspecified atom stereocenters. The van der Waals surface area contributed by atoms with Crippen LogP contribution >= 0.6 is 0 Å². The first-order chi connectivity index (χ1) is 9.66. The van der Waals surface area contributed by atoms with Gasteiger partial charge < -0.3 is 10.1 Å². The summed E-state index contributed by atoms with van der Waals surface area (Å²) in [4.78, 5) is 11.5. The van der Waals surface area contributed by atoms with Crippen LogP contribution in [0.15, 0.2) is 42.5 Å². The van der Waals surface area contributed by atoms with Gasteiger partial charge in [0.1, 0.15) is 5.75 Å². The van der Waals surface area contributed by atoms with Gasteiger partial charge in [-0.3, -0.25) is 4.79 Å². The second-order valence-corrected chi connectivity index (χ2v) is 5.15. The number of benzene rings is 2. The quantitative estimate of drug-likeness (QED) is 0.816. The van der Waals surface area contributed by atoms with Gasteiger partial charge in [0, 0.05) is 17.8 Å². The molecule has 0 aliphatic heterocycles. The molecule has 2 rings (SSSR count). The molecule has 3 nitrogen and oxygen atoms in total. The van der Waals surface area contributed by atoms with Crippen molar-refractivity contribution in [3.05, 3.63) is 42.5 Å². The van der Waals surface area contributed by atoms with Crippen LogP contribution in [0.5, 0.6) is 5.75 Å². The van der Waals surface area contributed by atoms with Gasteiger partial charge in [-0.25, -0.2) is 0 Å². The summed E-state index contributed by atoms with van der Waals surface area (Å²) in [5.41, 5.74) is 0. The van der Waals surface area contributed by atoms with E-state index in [1.165, 1.54) is 5.39 Å². The Morgan fingerprint density at radius 1 is 1.15 bits per heavy atom. The van der Waals surface area contributed by atoms with Crippen LogP contribution in [-0.4, -0.2) is 18.6 Å². The maximum atomic E-state index is 11.5. The predicted molar refractivity (Wildman–Crippen MR) is 82.0 cm³/mol. The van der Waals surface area contributed by atoms with Crippen molar-refractivity contribution in [2.45, 2.75) is 32.7 Å². The predicted octanol–water partition coefficient (Wildman–Crippen LogP) is 3.52. The third-order valence-corrected chi connectivity index (χ3v) is 3.01. The molecule has 0 aliphatic carbocycles. The van der Waals surface area contributed by atoms with Crippen molar-refractivity contribution in [3.63, 3.8) is 0 Å². The second kappa shape index (κ2) is 6.94. The minimum Gasteiger partial charge on any atom is -0.493 e. The number of ether oxygens (including phenoxy) is 1. The molecule has 106 valence electrons. The monoisotopic (exact) mass is 271 g/mol. The van der Waals surface area contributed by atoms with Crippen LogP contribution in [0.4, 0.5) is 0 Å². The number of rotatable bonds is 6. The summed E-state index contributed by atoms with van der Waals surface area (Å²) in [6, 6.07) is 14.4. The fraction of sp³-hybridized carbons (Fsp3) is 0.353. The van der Waals surface area contributed by atoms with Gasteiger partial charge >= 0.3 is 0 Å². The lowest BCUT2D eigenvalue weighted by Crippen LogP contribution is -2.30. The Kier molecular flexibility index (Phi) is 4.99. The lowest BCUT2D eigenvalue weighted by Gasteiger charge is -2.10. The van der Waals surface area contributed by atoms with Crippen LogP contribution in [0, 0.1) is 0 Å². The zero-order valence-corrected chi connectivity index (χ0v) is 12.1. The highest BCUT2D eigenvalue weighted by atomic mass is 16.5. The van der Waals surface area contributed by atoms with Crippen LogP contribution in [0.1, 0.15) is 26.7 Å². The van der Waals surface area contributed by atoms with E-state index in [-0.39, 0.29) is 11.9 Å². The van der Waals surface area contributed by atoms with Crippen molar-refractivity contribution in [3.8, 4) is 5.75 Å². The highest BCUT2D eigenvalue weighted by Crippen LogP contribution is 2.25. The molecule has 0 atom stereocenters. The molecule has 2 aromatic carbocycles. The summed E-state index contributed by atoms with van der Waals surface area (Å²) >= 11 is 0. The minimum atomic E-state index is 0.0847. The smallest absolute Gasteiger partial charge is 0.220 e. The number of hydrogen-bond donors (Lipinski definition) is 1. The number of carbonyl (C=O) groups excluding carboxylic acids is 1. The maximum absolute atomic E-state index is 11.5. The van der Waals surface area contributed by atoms with Gasteiger partial charge in [-0.15, -0.1) is 0 Å². The number of fused-ring (bicyclic) bond motifs is 1. The average molecular weight is 271 g/mol. The normalized spacial score (nSPS) is 10.8. The Morgan fingerprint density at radius 2 is 1.90 bits per heavy atom. The lowest BCUT2D eigenvalue weighted by atomic mass is 10.1. The van der Waals surface area contributed by atoms with E-state index in [9.17, 15) is 4.79 Å². The van der Waals surface area contributed by atoms with Gasteiger partial charge in [-0.05, 0) is 31.7 Å². The first-order valence-corrected chi connectivity index (χ1v) is 7.07. The summed E-state index contributed by atoms with van der Waals surface area (Å²) in [5.74, 6) is 0.967. The highest BCUT2D eigenvalue weighted by molar-refractivity contribution is 5.88.